The number of fused-ring (bicyclic) bond motifs is 3. The van der Waals surface area contributed by atoms with E-state index >= 15 is 0 Å². The van der Waals surface area contributed by atoms with E-state index in [9.17, 15) is 0 Å². The lowest BCUT2D eigenvalue weighted by atomic mass is 9.83. The van der Waals surface area contributed by atoms with Crippen LogP contribution < -0.4 is 0 Å². The van der Waals surface area contributed by atoms with Crippen molar-refractivity contribution in [3.8, 4) is 55.6 Å². The summed E-state index contributed by atoms with van der Waals surface area (Å²) in [5, 5.41) is 7.59. The van der Waals surface area contributed by atoms with Gasteiger partial charge >= 0.3 is 0 Å². The van der Waals surface area contributed by atoms with Gasteiger partial charge in [-0.25, -0.2) is 0 Å². The Morgan fingerprint density at radius 1 is 0.269 bits per heavy atom. The summed E-state index contributed by atoms with van der Waals surface area (Å²) < 4.78 is 0. The Balaban J connectivity index is 1.19. The molecule has 0 aliphatic carbocycles. The molecule has 0 unspecified atom stereocenters. The average Bonchev–Trinajstić information content (AvgIpc) is 3.19. The van der Waals surface area contributed by atoms with Crippen molar-refractivity contribution in [2.24, 2.45) is 0 Å². The summed E-state index contributed by atoms with van der Waals surface area (Å²) >= 11 is 0. The second-order valence-electron chi connectivity index (χ2n) is 15.0. The first-order valence-corrected chi connectivity index (χ1v) is 18.3. The molecule has 0 aliphatic heterocycles. The van der Waals surface area contributed by atoms with Crippen molar-refractivity contribution in [3.05, 3.63) is 194 Å². The van der Waals surface area contributed by atoms with Crippen molar-refractivity contribution in [2.75, 3.05) is 0 Å². The summed E-state index contributed by atoms with van der Waals surface area (Å²) in [5.41, 5.74) is 13.8. The van der Waals surface area contributed by atoms with Gasteiger partial charge in [-0.15, -0.1) is 0 Å². The highest BCUT2D eigenvalue weighted by molar-refractivity contribution is 6.21. The van der Waals surface area contributed by atoms with Gasteiger partial charge < -0.3 is 0 Å². The van der Waals surface area contributed by atoms with Gasteiger partial charge in [-0.05, 0) is 123 Å². The number of rotatable bonds is 5. The van der Waals surface area contributed by atoms with Crippen molar-refractivity contribution in [2.45, 2.75) is 26.2 Å². The molecule has 0 radical (unpaired) electrons. The van der Waals surface area contributed by atoms with E-state index in [2.05, 4.69) is 209 Å². The second-order valence-corrected chi connectivity index (χ2v) is 15.0. The Morgan fingerprint density at radius 2 is 0.673 bits per heavy atom. The van der Waals surface area contributed by atoms with Gasteiger partial charge in [-0.3, -0.25) is 0 Å². The molecule has 52 heavy (non-hydrogen) atoms. The normalized spacial score (nSPS) is 11.8. The first kappa shape index (κ1) is 31.7. The van der Waals surface area contributed by atoms with Crippen molar-refractivity contribution in [1.29, 1.82) is 0 Å². The van der Waals surface area contributed by atoms with Crippen LogP contribution in [-0.4, -0.2) is 0 Å². The minimum Gasteiger partial charge on any atom is -0.0622 e. The highest BCUT2D eigenvalue weighted by Gasteiger charge is 2.19. The van der Waals surface area contributed by atoms with Gasteiger partial charge in [0, 0.05) is 0 Å². The lowest BCUT2D eigenvalue weighted by molar-refractivity contribution is 0.590. The van der Waals surface area contributed by atoms with Crippen LogP contribution in [0.25, 0.3) is 88.0 Å². The average molecular weight is 665 g/mol. The molecule has 0 nitrogen and oxygen atoms in total. The molecule has 0 fully saturated rings. The van der Waals surface area contributed by atoms with Crippen LogP contribution in [0.5, 0.6) is 0 Å². The van der Waals surface area contributed by atoms with Crippen LogP contribution in [0.4, 0.5) is 0 Å². The second kappa shape index (κ2) is 12.8. The largest absolute Gasteiger partial charge is 0.0622 e. The van der Waals surface area contributed by atoms with Gasteiger partial charge in [0.05, 0.1) is 0 Å². The lowest BCUT2D eigenvalue weighted by Crippen LogP contribution is -2.11. The molecule has 0 spiro atoms. The van der Waals surface area contributed by atoms with Crippen LogP contribution in [0.2, 0.25) is 0 Å². The molecule has 0 saturated heterocycles. The molecule has 9 aromatic carbocycles. The Morgan fingerprint density at radius 3 is 1.25 bits per heavy atom. The molecule has 0 N–H and O–H groups in total. The standard InChI is InChI=1S/C52H40/c1-52(2,3)45-33-43(35-15-5-4-6-16-35)32-44(34-45)40-21-13-19-38(29-40)39-20-14-22-41(31-39)50-46-23-9-11-25-48(46)51(49-26-12-10-24-47(49)50)42-28-27-36-17-7-8-18-37(36)30-42/h4-34H,1-3H3. The number of benzene rings is 9. The Kier molecular flexibility index (Phi) is 7.82. The maximum absolute atomic E-state index is 2.38. The molecule has 0 atom stereocenters. The SMILES string of the molecule is CC(C)(C)c1cc(-c2ccccc2)cc(-c2cccc(-c3cccc(-c4c5ccccc5c(-c5ccc6ccccc6c5)c5ccccc45)c3)c2)c1. The summed E-state index contributed by atoms with van der Waals surface area (Å²) in [5.74, 6) is 0. The molecule has 9 aromatic rings. The molecular formula is C52H40. The summed E-state index contributed by atoms with van der Waals surface area (Å²) in [6.07, 6.45) is 0. The quantitative estimate of drug-likeness (QED) is 0.161. The van der Waals surface area contributed by atoms with Gasteiger partial charge in [-0.2, -0.15) is 0 Å². The van der Waals surface area contributed by atoms with Crippen LogP contribution in [0, 0.1) is 0 Å². The smallest absolute Gasteiger partial charge is 0.00262 e. The zero-order chi connectivity index (χ0) is 35.2. The third kappa shape index (κ3) is 5.77. The number of hydrogen-bond acceptors (Lipinski definition) is 0. The lowest BCUT2D eigenvalue weighted by Gasteiger charge is -2.22. The monoisotopic (exact) mass is 664 g/mol. The van der Waals surface area contributed by atoms with Gasteiger partial charge in [0.25, 0.3) is 0 Å². The highest BCUT2D eigenvalue weighted by Crippen LogP contribution is 2.45. The van der Waals surface area contributed by atoms with E-state index in [4.69, 9.17) is 0 Å². The maximum Gasteiger partial charge on any atom is -0.00262 e. The van der Waals surface area contributed by atoms with E-state index in [0.29, 0.717) is 0 Å². The van der Waals surface area contributed by atoms with E-state index in [-0.39, 0.29) is 5.41 Å². The van der Waals surface area contributed by atoms with Gasteiger partial charge in [-0.1, -0.05) is 185 Å². The van der Waals surface area contributed by atoms with E-state index in [1.165, 1.54) is 93.5 Å². The van der Waals surface area contributed by atoms with Crippen LogP contribution in [0.1, 0.15) is 26.3 Å². The Bertz CT molecular complexity index is 2700. The third-order valence-corrected chi connectivity index (χ3v) is 10.6. The number of hydrogen-bond donors (Lipinski definition) is 0. The molecule has 0 saturated carbocycles. The fourth-order valence-corrected chi connectivity index (χ4v) is 7.85. The van der Waals surface area contributed by atoms with E-state index in [1.54, 1.807) is 0 Å². The minimum absolute atomic E-state index is 0.0286. The molecule has 0 heterocycles. The first-order chi connectivity index (χ1) is 25.4. The summed E-state index contributed by atoms with van der Waals surface area (Å²) in [6, 6.07) is 69.3. The molecular weight excluding hydrogens is 625 g/mol. The van der Waals surface area contributed by atoms with Gasteiger partial charge in [0.1, 0.15) is 0 Å². The summed E-state index contributed by atoms with van der Waals surface area (Å²) in [4.78, 5) is 0. The predicted octanol–water partition coefficient (Wildman–Crippen LogP) is 14.8. The minimum atomic E-state index is 0.0286. The van der Waals surface area contributed by atoms with Crippen molar-refractivity contribution in [1.82, 2.24) is 0 Å². The molecule has 9 rings (SSSR count). The van der Waals surface area contributed by atoms with Gasteiger partial charge in [0.15, 0.2) is 0 Å². The Labute approximate surface area is 306 Å². The fourth-order valence-electron chi connectivity index (χ4n) is 7.85. The molecule has 0 heteroatoms. The molecule has 248 valence electrons. The van der Waals surface area contributed by atoms with E-state index < -0.39 is 0 Å². The molecule has 0 aliphatic rings. The molecule has 0 aromatic heterocycles. The fraction of sp³-hybridized carbons (Fsp3) is 0.0769. The molecule has 0 bridgehead atoms. The van der Waals surface area contributed by atoms with E-state index in [0.717, 1.165) is 0 Å². The van der Waals surface area contributed by atoms with Crippen LogP contribution >= 0.6 is 0 Å². The zero-order valence-corrected chi connectivity index (χ0v) is 29.9. The van der Waals surface area contributed by atoms with Crippen molar-refractivity contribution in [3.63, 3.8) is 0 Å². The van der Waals surface area contributed by atoms with Gasteiger partial charge in [0.2, 0.25) is 0 Å². The summed E-state index contributed by atoms with van der Waals surface area (Å²) in [6.45, 7) is 6.89. The Hall–Kier alpha value is -6.24. The van der Waals surface area contributed by atoms with Crippen LogP contribution in [-0.2, 0) is 5.41 Å². The van der Waals surface area contributed by atoms with E-state index in [1.807, 2.05) is 0 Å². The van der Waals surface area contributed by atoms with Crippen molar-refractivity contribution >= 4 is 32.3 Å². The topological polar surface area (TPSA) is 0 Å². The zero-order valence-electron chi connectivity index (χ0n) is 29.9. The predicted molar refractivity (Wildman–Crippen MR) is 225 cm³/mol. The first-order valence-electron chi connectivity index (χ1n) is 18.3. The maximum atomic E-state index is 2.38. The van der Waals surface area contributed by atoms with Crippen molar-refractivity contribution < 1.29 is 0 Å². The summed E-state index contributed by atoms with van der Waals surface area (Å²) in [7, 11) is 0. The third-order valence-electron chi connectivity index (χ3n) is 10.6. The van der Waals surface area contributed by atoms with Crippen LogP contribution in [0.3, 0.4) is 0 Å². The molecule has 0 amide bonds. The van der Waals surface area contributed by atoms with Crippen LogP contribution in [0.15, 0.2) is 188 Å². The highest BCUT2D eigenvalue weighted by atomic mass is 14.2.